The molecule has 1 fully saturated rings. The van der Waals surface area contributed by atoms with E-state index >= 15 is 0 Å². The van der Waals surface area contributed by atoms with Crippen LogP contribution in [0.25, 0.3) is 11.3 Å². The van der Waals surface area contributed by atoms with Gasteiger partial charge >= 0.3 is 0 Å². The number of nitrogens with one attached hydrogen (secondary N) is 1. The molecule has 0 aliphatic carbocycles. The predicted molar refractivity (Wildman–Crippen MR) is 132 cm³/mol. The number of benzene rings is 2. The van der Waals surface area contributed by atoms with Crippen LogP contribution in [-0.4, -0.2) is 69.1 Å². The summed E-state index contributed by atoms with van der Waals surface area (Å²) in [4.78, 5) is 26.0. The Labute approximate surface area is 198 Å². The zero-order valence-electron chi connectivity index (χ0n) is 19.4. The molecular weight excluding hydrogens is 432 g/mol. The van der Waals surface area contributed by atoms with Crippen LogP contribution in [0.5, 0.6) is 11.5 Å². The van der Waals surface area contributed by atoms with Gasteiger partial charge in [-0.1, -0.05) is 24.3 Å². The quantitative estimate of drug-likeness (QED) is 0.440. The number of nitrogens with zero attached hydrogens (tertiary/aromatic N) is 4. The van der Waals surface area contributed by atoms with E-state index in [2.05, 4.69) is 51.3 Å². The number of hydrogen-bond donors (Lipinski definition) is 4. The molecule has 1 aromatic heterocycles. The van der Waals surface area contributed by atoms with Gasteiger partial charge in [-0.3, -0.25) is 9.69 Å². The first-order valence-corrected chi connectivity index (χ1v) is 11.2. The smallest absolute Gasteiger partial charge is 0.278 e. The van der Waals surface area contributed by atoms with Crippen LogP contribution in [0.1, 0.15) is 28.9 Å². The highest BCUT2D eigenvalue weighted by molar-refractivity contribution is 6.06. The number of aromatic nitrogens is 2. The van der Waals surface area contributed by atoms with Gasteiger partial charge in [0.25, 0.3) is 5.91 Å². The molecule has 178 valence electrons. The molecule has 1 amide bonds. The fourth-order valence-electron chi connectivity index (χ4n) is 4.20. The minimum absolute atomic E-state index is 0.0108. The Morgan fingerprint density at radius 3 is 2.38 bits per heavy atom. The number of nitrogen functional groups attached to an aromatic ring is 1. The number of aromatic hydroxyl groups is 2. The molecule has 34 heavy (non-hydrogen) atoms. The van der Waals surface area contributed by atoms with Crippen molar-refractivity contribution in [2.45, 2.75) is 25.4 Å². The summed E-state index contributed by atoms with van der Waals surface area (Å²) in [5, 5.41) is 21.8. The molecule has 0 unspecified atom stereocenters. The van der Waals surface area contributed by atoms with Crippen LogP contribution in [0.2, 0.25) is 0 Å². The average molecular weight is 463 g/mol. The Morgan fingerprint density at radius 1 is 1.12 bits per heavy atom. The van der Waals surface area contributed by atoms with Crippen molar-refractivity contribution in [3.8, 4) is 22.8 Å². The van der Waals surface area contributed by atoms with Crippen LogP contribution in [0.15, 0.2) is 48.7 Å². The zero-order chi connectivity index (χ0) is 24.2. The molecular formula is C25H30N6O3. The Bertz CT molecular complexity index is 1140. The lowest BCUT2D eigenvalue weighted by Crippen LogP contribution is -2.41. The summed E-state index contributed by atoms with van der Waals surface area (Å²) in [6.45, 7) is 3.07. The van der Waals surface area contributed by atoms with E-state index in [1.54, 1.807) is 0 Å². The van der Waals surface area contributed by atoms with Gasteiger partial charge in [-0.2, -0.15) is 0 Å². The van der Waals surface area contributed by atoms with Crippen molar-refractivity contribution < 1.29 is 15.0 Å². The third kappa shape index (κ3) is 5.62. The summed E-state index contributed by atoms with van der Waals surface area (Å²) < 4.78 is 0. The van der Waals surface area contributed by atoms with Crippen molar-refractivity contribution in [3.05, 3.63) is 59.9 Å². The van der Waals surface area contributed by atoms with E-state index in [4.69, 9.17) is 5.73 Å². The second-order valence-corrected chi connectivity index (χ2v) is 8.85. The number of phenolic OH excluding ortho intramolecular Hbond substituents is 2. The van der Waals surface area contributed by atoms with E-state index in [-0.39, 0.29) is 28.7 Å². The molecule has 2 aromatic carbocycles. The van der Waals surface area contributed by atoms with E-state index in [0.29, 0.717) is 11.7 Å². The number of carbonyl (C=O) groups excluding carboxylic acids is 1. The fourth-order valence-corrected chi connectivity index (χ4v) is 4.20. The number of phenols is 2. The highest BCUT2D eigenvalue weighted by Crippen LogP contribution is 2.25. The third-order valence-corrected chi connectivity index (χ3v) is 6.12. The molecule has 9 heteroatoms. The summed E-state index contributed by atoms with van der Waals surface area (Å²) in [6.07, 6.45) is 3.89. The molecule has 1 aliphatic heterocycles. The van der Waals surface area contributed by atoms with E-state index in [9.17, 15) is 15.0 Å². The van der Waals surface area contributed by atoms with Gasteiger partial charge in [0.1, 0.15) is 11.5 Å². The van der Waals surface area contributed by atoms with Crippen LogP contribution >= 0.6 is 0 Å². The SMILES string of the molecule is CN(C)C1CCN(Cc2ccc(-c3cnc(N)c(C(=O)Nc4cc(O)cc(O)c4)n3)cc2)CC1. The molecule has 0 radical (unpaired) electrons. The van der Waals surface area contributed by atoms with Crippen LogP contribution in [0, 0.1) is 0 Å². The van der Waals surface area contributed by atoms with E-state index in [1.165, 1.54) is 42.8 Å². The maximum atomic E-state index is 12.7. The van der Waals surface area contributed by atoms with Crippen molar-refractivity contribution in [1.29, 1.82) is 0 Å². The van der Waals surface area contributed by atoms with Gasteiger partial charge in [-0.15, -0.1) is 0 Å². The lowest BCUT2D eigenvalue weighted by atomic mass is 10.0. The van der Waals surface area contributed by atoms with Gasteiger partial charge < -0.3 is 26.2 Å². The number of carbonyl (C=O) groups is 1. The van der Waals surface area contributed by atoms with Crippen molar-refractivity contribution in [2.24, 2.45) is 0 Å². The Kier molecular flexibility index (Phi) is 6.95. The van der Waals surface area contributed by atoms with Crippen LogP contribution < -0.4 is 11.1 Å². The van der Waals surface area contributed by atoms with Gasteiger partial charge in [0.2, 0.25) is 0 Å². The highest BCUT2D eigenvalue weighted by atomic mass is 16.3. The monoisotopic (exact) mass is 462 g/mol. The number of hydrogen-bond acceptors (Lipinski definition) is 8. The lowest BCUT2D eigenvalue weighted by Gasteiger charge is -2.35. The summed E-state index contributed by atoms with van der Waals surface area (Å²) >= 11 is 0. The van der Waals surface area contributed by atoms with Gasteiger partial charge in [-0.05, 0) is 45.6 Å². The second kappa shape index (κ2) is 10.1. The van der Waals surface area contributed by atoms with E-state index in [0.717, 1.165) is 25.2 Å². The Morgan fingerprint density at radius 2 is 1.76 bits per heavy atom. The molecule has 0 atom stereocenters. The van der Waals surface area contributed by atoms with Crippen molar-refractivity contribution >= 4 is 17.4 Å². The highest BCUT2D eigenvalue weighted by Gasteiger charge is 2.20. The number of piperidine rings is 1. The Hall–Kier alpha value is -3.69. The van der Waals surface area contributed by atoms with Crippen molar-refractivity contribution in [2.75, 3.05) is 38.2 Å². The minimum atomic E-state index is -0.588. The first-order valence-electron chi connectivity index (χ1n) is 11.2. The summed E-state index contributed by atoms with van der Waals surface area (Å²) in [7, 11) is 4.29. The largest absolute Gasteiger partial charge is 0.508 e. The number of amides is 1. The molecule has 5 N–H and O–H groups in total. The molecule has 0 spiro atoms. The van der Waals surface area contributed by atoms with Crippen molar-refractivity contribution in [1.82, 2.24) is 19.8 Å². The topological polar surface area (TPSA) is 128 Å². The summed E-state index contributed by atoms with van der Waals surface area (Å²) in [5.41, 5.74) is 8.65. The molecule has 3 aromatic rings. The number of rotatable bonds is 6. The third-order valence-electron chi connectivity index (χ3n) is 6.12. The average Bonchev–Trinajstić information content (AvgIpc) is 2.79. The van der Waals surface area contributed by atoms with Gasteiger partial charge in [-0.25, -0.2) is 9.97 Å². The van der Waals surface area contributed by atoms with Crippen molar-refractivity contribution in [3.63, 3.8) is 0 Å². The second-order valence-electron chi connectivity index (χ2n) is 8.85. The first-order chi connectivity index (χ1) is 16.3. The molecule has 4 rings (SSSR count). The van der Waals surface area contributed by atoms with Gasteiger partial charge in [0.15, 0.2) is 11.5 Å². The Balaban J connectivity index is 1.44. The molecule has 1 saturated heterocycles. The van der Waals surface area contributed by atoms with Crippen LogP contribution in [0.4, 0.5) is 11.5 Å². The molecule has 2 heterocycles. The fraction of sp³-hybridized carbons (Fsp3) is 0.320. The number of likely N-dealkylation sites (tertiary alicyclic amines) is 1. The van der Waals surface area contributed by atoms with E-state index < -0.39 is 5.91 Å². The normalized spacial score (nSPS) is 14.9. The maximum Gasteiger partial charge on any atom is 0.278 e. The van der Waals surface area contributed by atoms with Crippen LogP contribution in [0.3, 0.4) is 0 Å². The minimum Gasteiger partial charge on any atom is -0.508 e. The molecule has 9 nitrogen and oxygen atoms in total. The van der Waals surface area contributed by atoms with Gasteiger partial charge in [0.05, 0.1) is 11.9 Å². The van der Waals surface area contributed by atoms with E-state index in [1.807, 2.05) is 12.1 Å². The number of nitrogens with two attached hydrogens (primary N) is 1. The molecule has 0 saturated carbocycles. The van der Waals surface area contributed by atoms with Gasteiger partial charge in [0, 0.05) is 42.0 Å². The molecule has 1 aliphatic rings. The zero-order valence-corrected chi connectivity index (χ0v) is 19.4. The summed E-state index contributed by atoms with van der Waals surface area (Å²) in [5.74, 6) is -0.950. The summed E-state index contributed by atoms with van der Waals surface area (Å²) in [6, 6.07) is 12.5. The first kappa shape index (κ1) is 23.5. The maximum absolute atomic E-state index is 12.7. The number of anilines is 2. The molecule has 0 bridgehead atoms. The van der Waals surface area contributed by atoms with Crippen LogP contribution in [-0.2, 0) is 6.54 Å². The predicted octanol–water partition coefficient (Wildman–Crippen LogP) is 2.92. The standard InChI is InChI=1S/C25H30N6O3/c1-30(2)19-7-9-31(10-8-19)15-16-3-5-17(6-4-16)22-14-27-24(26)23(29-22)25(34)28-18-11-20(32)13-21(33)12-18/h3-6,11-14,19,32-33H,7-10,15H2,1-2H3,(H2,26,27)(H,28,34). The lowest BCUT2D eigenvalue weighted by molar-refractivity contribution is 0.102.